The second-order valence-corrected chi connectivity index (χ2v) is 8.63. The Morgan fingerprint density at radius 3 is 2.64 bits per heavy atom. The van der Waals surface area contributed by atoms with Crippen molar-refractivity contribution >= 4 is 27.6 Å². The molecule has 1 saturated heterocycles. The zero-order chi connectivity index (χ0) is 20.5. The molecule has 150 valence electrons. The van der Waals surface area contributed by atoms with Crippen LogP contribution in [0, 0.1) is 6.92 Å². The summed E-state index contributed by atoms with van der Waals surface area (Å²) < 4.78 is 33.5. The van der Waals surface area contributed by atoms with Gasteiger partial charge in [-0.3, -0.25) is 4.79 Å². The van der Waals surface area contributed by atoms with Crippen LogP contribution in [0.25, 0.3) is 0 Å². The lowest BCUT2D eigenvalue weighted by atomic mass is 10.1. The molecule has 1 aromatic heterocycles. The Morgan fingerprint density at radius 1 is 1.25 bits per heavy atom. The number of anilines is 1. The summed E-state index contributed by atoms with van der Waals surface area (Å²) in [5.74, 6) is -0.987. The van der Waals surface area contributed by atoms with Crippen LogP contribution in [0.2, 0.25) is 0 Å². The molecule has 1 atom stereocenters. The van der Waals surface area contributed by atoms with Gasteiger partial charge in [0.1, 0.15) is 16.6 Å². The van der Waals surface area contributed by atoms with Crippen molar-refractivity contribution in [3.05, 3.63) is 47.8 Å². The first kappa shape index (κ1) is 20.1. The van der Waals surface area contributed by atoms with Gasteiger partial charge < -0.3 is 14.6 Å². The number of methoxy groups -OCH3 is 1. The Bertz CT molecular complexity index is 1010. The van der Waals surface area contributed by atoms with Crippen molar-refractivity contribution < 1.29 is 22.7 Å². The first-order valence-electron chi connectivity index (χ1n) is 8.88. The van der Waals surface area contributed by atoms with Gasteiger partial charge in [0.2, 0.25) is 15.9 Å². The molecule has 1 aromatic carbocycles. The van der Waals surface area contributed by atoms with E-state index in [0.717, 1.165) is 5.56 Å². The fourth-order valence-corrected chi connectivity index (χ4v) is 5.07. The van der Waals surface area contributed by atoms with Crippen LogP contribution in [0.3, 0.4) is 0 Å². The molecule has 0 spiro atoms. The molecule has 8 nitrogen and oxygen atoms in total. The number of esters is 1. The predicted molar refractivity (Wildman–Crippen MR) is 103 cm³/mol. The third-order valence-corrected chi connectivity index (χ3v) is 6.76. The Labute approximate surface area is 164 Å². The second kappa shape index (κ2) is 7.76. The van der Waals surface area contributed by atoms with Crippen molar-refractivity contribution in [1.82, 2.24) is 8.87 Å². The fourth-order valence-electron chi connectivity index (χ4n) is 3.34. The number of sulfonamides is 1. The molecule has 1 aliphatic heterocycles. The molecule has 0 aliphatic carbocycles. The van der Waals surface area contributed by atoms with Crippen LogP contribution in [0.1, 0.15) is 28.9 Å². The van der Waals surface area contributed by atoms with Gasteiger partial charge in [0.25, 0.3) is 0 Å². The minimum absolute atomic E-state index is 0.0361. The van der Waals surface area contributed by atoms with E-state index < -0.39 is 22.0 Å². The van der Waals surface area contributed by atoms with Gasteiger partial charge in [-0.2, -0.15) is 4.31 Å². The van der Waals surface area contributed by atoms with Gasteiger partial charge in [-0.25, -0.2) is 13.2 Å². The number of hydrogen-bond acceptors (Lipinski definition) is 5. The lowest BCUT2D eigenvalue weighted by molar-refractivity contribution is -0.119. The van der Waals surface area contributed by atoms with Crippen LogP contribution >= 0.6 is 0 Å². The molecular weight excluding hydrogens is 382 g/mol. The van der Waals surface area contributed by atoms with Crippen LogP contribution in [0.4, 0.5) is 5.69 Å². The summed E-state index contributed by atoms with van der Waals surface area (Å²) in [4.78, 5) is 24.5. The maximum Gasteiger partial charge on any atom is 0.354 e. The summed E-state index contributed by atoms with van der Waals surface area (Å²) >= 11 is 0. The highest BCUT2D eigenvalue weighted by molar-refractivity contribution is 7.89. The minimum atomic E-state index is -3.93. The number of hydrogen-bond donors (Lipinski definition) is 1. The van der Waals surface area contributed by atoms with Gasteiger partial charge in [-0.15, -0.1) is 0 Å². The number of aromatic nitrogens is 1. The minimum Gasteiger partial charge on any atom is -0.464 e. The fraction of sp³-hybridized carbons (Fsp3) is 0.368. The molecule has 3 rings (SSSR count). The van der Waals surface area contributed by atoms with E-state index in [2.05, 4.69) is 10.1 Å². The van der Waals surface area contributed by atoms with E-state index in [4.69, 9.17) is 0 Å². The highest BCUT2D eigenvalue weighted by Crippen LogP contribution is 2.28. The van der Waals surface area contributed by atoms with Crippen molar-refractivity contribution in [2.24, 2.45) is 7.05 Å². The third kappa shape index (κ3) is 3.67. The number of nitrogens with zero attached hydrogens (tertiary/aromatic N) is 2. The summed E-state index contributed by atoms with van der Waals surface area (Å²) in [6.45, 7) is 2.12. The van der Waals surface area contributed by atoms with Crippen molar-refractivity contribution in [1.29, 1.82) is 0 Å². The molecule has 1 fully saturated rings. The average Bonchev–Trinajstić information content (AvgIpc) is 3.30. The number of nitrogens with one attached hydrogen (secondary N) is 1. The zero-order valence-electron chi connectivity index (χ0n) is 16.0. The topological polar surface area (TPSA) is 97.7 Å². The Hall–Kier alpha value is -2.65. The van der Waals surface area contributed by atoms with Crippen molar-refractivity contribution in [3.8, 4) is 0 Å². The van der Waals surface area contributed by atoms with Crippen LogP contribution in [-0.2, 0) is 26.6 Å². The van der Waals surface area contributed by atoms with Crippen molar-refractivity contribution in [3.63, 3.8) is 0 Å². The molecule has 0 radical (unpaired) electrons. The molecule has 0 bridgehead atoms. The normalized spacial score (nSPS) is 17.5. The van der Waals surface area contributed by atoms with Gasteiger partial charge in [0, 0.05) is 25.5 Å². The number of benzene rings is 1. The Kier molecular flexibility index (Phi) is 5.57. The van der Waals surface area contributed by atoms with Gasteiger partial charge in [-0.1, -0.05) is 18.2 Å². The quantitative estimate of drug-likeness (QED) is 0.767. The highest BCUT2D eigenvalue weighted by Gasteiger charge is 2.40. The molecule has 1 aliphatic rings. The molecule has 2 aromatic rings. The molecule has 2 heterocycles. The van der Waals surface area contributed by atoms with Crippen LogP contribution in [0.15, 0.2) is 41.4 Å². The van der Waals surface area contributed by atoms with E-state index in [1.165, 1.54) is 28.2 Å². The average molecular weight is 405 g/mol. The highest BCUT2D eigenvalue weighted by atomic mass is 32.2. The van der Waals surface area contributed by atoms with E-state index in [1.807, 2.05) is 25.1 Å². The summed E-state index contributed by atoms with van der Waals surface area (Å²) in [6.07, 6.45) is 2.38. The number of carbonyl (C=O) groups is 2. The monoisotopic (exact) mass is 405 g/mol. The zero-order valence-corrected chi connectivity index (χ0v) is 16.8. The number of para-hydroxylation sites is 1. The Balaban J connectivity index is 1.86. The van der Waals surface area contributed by atoms with E-state index in [0.29, 0.717) is 18.5 Å². The second-order valence-electron chi connectivity index (χ2n) is 6.74. The lowest BCUT2D eigenvalue weighted by Gasteiger charge is -2.23. The number of rotatable bonds is 5. The summed E-state index contributed by atoms with van der Waals surface area (Å²) in [6, 6.07) is 7.80. The number of ether oxygens (including phenoxy) is 1. The molecule has 9 heteroatoms. The first-order valence-corrected chi connectivity index (χ1v) is 10.3. The predicted octanol–water partition coefficient (Wildman–Crippen LogP) is 1.91. The number of aryl methyl sites for hydroxylation is 2. The van der Waals surface area contributed by atoms with Gasteiger partial charge in [0.05, 0.1) is 7.11 Å². The lowest BCUT2D eigenvalue weighted by Crippen LogP contribution is -2.43. The van der Waals surface area contributed by atoms with Crippen LogP contribution < -0.4 is 5.32 Å². The SMILES string of the molecule is COC(=O)c1cc(S(=O)(=O)N2CCC[C@@H]2C(=O)Nc2ccccc2C)cn1C. The molecule has 1 amide bonds. The molecule has 1 N–H and O–H groups in total. The van der Waals surface area contributed by atoms with Crippen molar-refractivity contribution in [2.45, 2.75) is 30.7 Å². The van der Waals surface area contributed by atoms with E-state index in [9.17, 15) is 18.0 Å². The number of amides is 1. The summed E-state index contributed by atoms with van der Waals surface area (Å²) in [5, 5.41) is 2.83. The van der Waals surface area contributed by atoms with Gasteiger partial charge in [0.15, 0.2) is 0 Å². The van der Waals surface area contributed by atoms with E-state index >= 15 is 0 Å². The summed E-state index contributed by atoms with van der Waals surface area (Å²) in [5.41, 5.74) is 1.68. The smallest absolute Gasteiger partial charge is 0.354 e. The van der Waals surface area contributed by atoms with E-state index in [1.54, 1.807) is 13.1 Å². The molecule has 0 unspecified atom stereocenters. The summed E-state index contributed by atoms with van der Waals surface area (Å²) in [7, 11) is -1.14. The largest absolute Gasteiger partial charge is 0.464 e. The van der Waals surface area contributed by atoms with Crippen LogP contribution in [-0.4, -0.2) is 48.9 Å². The first-order chi connectivity index (χ1) is 13.3. The maximum absolute atomic E-state index is 13.1. The van der Waals surface area contributed by atoms with Gasteiger partial charge in [-0.05, 0) is 37.5 Å². The third-order valence-electron chi connectivity index (χ3n) is 4.89. The van der Waals surface area contributed by atoms with Crippen LogP contribution in [0.5, 0.6) is 0 Å². The maximum atomic E-state index is 13.1. The standard InChI is InChI=1S/C19H23N3O5S/c1-13-7-4-5-8-15(13)20-18(23)16-9-6-10-22(16)28(25,26)14-11-17(19(24)27-3)21(2)12-14/h4-5,7-8,11-12,16H,6,9-10H2,1-3H3,(H,20,23)/t16-/m1/s1. The van der Waals surface area contributed by atoms with Gasteiger partial charge >= 0.3 is 5.97 Å². The van der Waals surface area contributed by atoms with Crippen molar-refractivity contribution in [2.75, 3.05) is 19.0 Å². The number of carbonyl (C=O) groups excluding carboxylic acids is 2. The molecule has 0 saturated carbocycles. The Morgan fingerprint density at radius 2 is 1.96 bits per heavy atom. The molecular formula is C19H23N3O5S. The molecule has 28 heavy (non-hydrogen) atoms. The van der Waals surface area contributed by atoms with E-state index in [-0.39, 0.29) is 23.0 Å².